The van der Waals surface area contributed by atoms with Crippen LogP contribution in [0.5, 0.6) is 0 Å². The van der Waals surface area contributed by atoms with Crippen molar-refractivity contribution in [2.45, 2.75) is 0 Å². The molecule has 11 rings (SSSR count). The molecule has 2 aromatic heterocycles. The number of furan rings is 1. The highest BCUT2D eigenvalue weighted by molar-refractivity contribution is 6.22. The molecule has 1 aliphatic rings. The van der Waals surface area contributed by atoms with Gasteiger partial charge < -0.3 is 13.9 Å². The van der Waals surface area contributed by atoms with Crippen LogP contribution < -0.4 is 4.90 Å². The van der Waals surface area contributed by atoms with Gasteiger partial charge in [-0.1, -0.05) is 133 Å². The maximum absolute atomic E-state index is 7.24. The Morgan fingerprint density at radius 1 is 0.392 bits per heavy atom. The normalized spacial score (nSPS) is 11.9. The minimum Gasteiger partial charge on any atom is -0.453 e. The lowest BCUT2D eigenvalue weighted by Crippen LogP contribution is -2.10. The summed E-state index contributed by atoms with van der Waals surface area (Å²) in [4.78, 5) is 2.31. The number of benzene rings is 8. The van der Waals surface area contributed by atoms with E-state index < -0.39 is 0 Å². The number of nitrogens with zero attached hydrogens (tertiary/aromatic N) is 2. The number of hydrogen-bond donors (Lipinski definition) is 0. The molecule has 0 radical (unpaired) electrons. The Kier molecular flexibility index (Phi) is 5.96. The second-order valence-electron chi connectivity index (χ2n) is 13.3. The smallest absolute Gasteiger partial charge is 0.159 e. The first kappa shape index (κ1) is 28.0. The highest BCUT2D eigenvalue weighted by Gasteiger charge is 2.28. The van der Waals surface area contributed by atoms with E-state index in [2.05, 4.69) is 191 Å². The lowest BCUT2D eigenvalue weighted by Gasteiger charge is -2.25. The molecule has 3 nitrogen and oxygen atoms in total. The van der Waals surface area contributed by atoms with Crippen molar-refractivity contribution in [2.24, 2.45) is 0 Å². The topological polar surface area (TPSA) is 21.3 Å². The molecule has 0 bridgehead atoms. The van der Waals surface area contributed by atoms with Crippen LogP contribution in [0.1, 0.15) is 0 Å². The van der Waals surface area contributed by atoms with E-state index in [0.717, 1.165) is 44.6 Å². The number of rotatable bonds is 4. The third-order valence-electron chi connectivity index (χ3n) is 10.5. The zero-order valence-corrected chi connectivity index (χ0v) is 27.6. The van der Waals surface area contributed by atoms with Crippen LogP contribution in [0.15, 0.2) is 186 Å². The van der Waals surface area contributed by atoms with Crippen molar-refractivity contribution >= 4 is 60.8 Å². The molecular formula is C48H30N2O. The van der Waals surface area contributed by atoms with Crippen LogP contribution in [0.3, 0.4) is 0 Å². The molecular weight excluding hydrogens is 621 g/mol. The first-order valence-corrected chi connectivity index (χ1v) is 17.4. The highest BCUT2D eigenvalue weighted by atomic mass is 16.3. The van der Waals surface area contributed by atoms with Crippen LogP contribution in [0.4, 0.5) is 17.1 Å². The first-order chi connectivity index (χ1) is 25.3. The summed E-state index contributed by atoms with van der Waals surface area (Å²) in [5.41, 5.74) is 15.6. The predicted molar refractivity (Wildman–Crippen MR) is 213 cm³/mol. The van der Waals surface area contributed by atoms with Gasteiger partial charge in [0.05, 0.1) is 22.4 Å². The SMILES string of the molecule is c1ccc(-c2ccc(N(c3ccccc3)c3cccc4c3oc3c5c(ccc34)-c3ccccc3-n3c4ccccc4c4cccc-5c43)cc2)cc1. The van der Waals surface area contributed by atoms with Gasteiger partial charge in [-0.3, -0.25) is 0 Å². The van der Waals surface area contributed by atoms with Crippen LogP contribution in [0.2, 0.25) is 0 Å². The van der Waals surface area contributed by atoms with Crippen LogP contribution in [-0.2, 0) is 0 Å². The van der Waals surface area contributed by atoms with Gasteiger partial charge in [0.2, 0.25) is 0 Å². The summed E-state index contributed by atoms with van der Waals surface area (Å²) in [5, 5.41) is 4.70. The second kappa shape index (κ2) is 10.8. The number of fused-ring (bicyclic) bond motifs is 12. The quantitative estimate of drug-likeness (QED) is 0.189. The van der Waals surface area contributed by atoms with Crippen LogP contribution in [-0.4, -0.2) is 4.57 Å². The van der Waals surface area contributed by atoms with Crippen molar-refractivity contribution in [3.8, 4) is 39.1 Å². The van der Waals surface area contributed by atoms with Crippen LogP contribution >= 0.6 is 0 Å². The summed E-state index contributed by atoms with van der Waals surface area (Å²) in [7, 11) is 0. The van der Waals surface area contributed by atoms with Gasteiger partial charge in [-0.15, -0.1) is 0 Å². The van der Waals surface area contributed by atoms with E-state index in [1.165, 1.54) is 55.3 Å². The minimum atomic E-state index is 0.863. The molecule has 0 aliphatic carbocycles. The fraction of sp³-hybridized carbons (Fsp3) is 0. The Balaban J connectivity index is 1.20. The second-order valence-corrected chi connectivity index (χ2v) is 13.3. The monoisotopic (exact) mass is 650 g/mol. The average molecular weight is 651 g/mol. The Morgan fingerprint density at radius 3 is 1.88 bits per heavy atom. The number of para-hydroxylation sites is 5. The number of hydrogen-bond acceptors (Lipinski definition) is 2. The van der Waals surface area contributed by atoms with Gasteiger partial charge in [0.25, 0.3) is 0 Å². The molecule has 3 heteroatoms. The summed E-state index contributed by atoms with van der Waals surface area (Å²) >= 11 is 0. The number of anilines is 3. The summed E-state index contributed by atoms with van der Waals surface area (Å²) < 4.78 is 9.69. The van der Waals surface area contributed by atoms with Gasteiger partial charge in [-0.05, 0) is 65.2 Å². The molecule has 0 spiro atoms. The van der Waals surface area contributed by atoms with E-state index in [1.807, 2.05) is 0 Å². The van der Waals surface area contributed by atoms with Gasteiger partial charge in [-0.2, -0.15) is 0 Å². The summed E-state index contributed by atoms with van der Waals surface area (Å²) in [6.07, 6.45) is 0. The zero-order chi connectivity index (χ0) is 33.5. The molecule has 238 valence electrons. The minimum absolute atomic E-state index is 0.863. The van der Waals surface area contributed by atoms with E-state index in [0.29, 0.717) is 0 Å². The maximum atomic E-state index is 7.24. The van der Waals surface area contributed by atoms with Crippen molar-refractivity contribution in [1.82, 2.24) is 4.57 Å². The largest absolute Gasteiger partial charge is 0.453 e. The highest BCUT2D eigenvalue weighted by Crippen LogP contribution is 2.51. The van der Waals surface area contributed by atoms with Crippen molar-refractivity contribution in [1.29, 1.82) is 0 Å². The molecule has 3 heterocycles. The lowest BCUT2D eigenvalue weighted by atomic mass is 9.91. The van der Waals surface area contributed by atoms with E-state index in [-0.39, 0.29) is 0 Å². The fourth-order valence-corrected chi connectivity index (χ4v) is 8.32. The third-order valence-corrected chi connectivity index (χ3v) is 10.5. The van der Waals surface area contributed by atoms with Gasteiger partial charge in [0.1, 0.15) is 5.58 Å². The molecule has 0 fully saturated rings. The third kappa shape index (κ3) is 4.06. The van der Waals surface area contributed by atoms with E-state index in [9.17, 15) is 0 Å². The van der Waals surface area contributed by atoms with E-state index in [1.54, 1.807) is 0 Å². The molecule has 0 N–H and O–H groups in total. The Morgan fingerprint density at radius 2 is 1.02 bits per heavy atom. The molecule has 0 amide bonds. The van der Waals surface area contributed by atoms with E-state index in [4.69, 9.17) is 4.42 Å². The van der Waals surface area contributed by atoms with Gasteiger partial charge in [-0.25, -0.2) is 0 Å². The van der Waals surface area contributed by atoms with Gasteiger partial charge in [0.15, 0.2) is 5.58 Å². The molecule has 0 saturated heterocycles. The maximum Gasteiger partial charge on any atom is 0.159 e. The molecule has 51 heavy (non-hydrogen) atoms. The standard InChI is InChI=1S/C48H30N2O/c1-3-13-31(14-4-1)32-25-27-34(28-26-32)49(33-15-5-2-6-16-33)44-24-12-20-39-40-30-29-37-35-17-7-9-22-42(35)50-43-23-10-8-18-36(43)38-19-11-21-41(46(38)50)45(37)48(40)51-47(39)44/h1-30H. The van der Waals surface area contributed by atoms with E-state index >= 15 is 0 Å². The molecule has 0 saturated carbocycles. The Hall–Kier alpha value is -6.84. The van der Waals surface area contributed by atoms with Crippen molar-refractivity contribution in [3.05, 3.63) is 182 Å². The first-order valence-electron chi connectivity index (χ1n) is 17.4. The Labute approximate surface area is 294 Å². The average Bonchev–Trinajstić information content (AvgIpc) is 3.71. The lowest BCUT2D eigenvalue weighted by molar-refractivity contribution is 0.670. The summed E-state index contributed by atoms with van der Waals surface area (Å²) in [6, 6.07) is 65.2. The molecule has 0 unspecified atom stereocenters. The van der Waals surface area contributed by atoms with Gasteiger partial charge in [0, 0.05) is 49.6 Å². The van der Waals surface area contributed by atoms with Crippen molar-refractivity contribution < 1.29 is 4.42 Å². The van der Waals surface area contributed by atoms with Crippen LogP contribution in [0, 0.1) is 0 Å². The predicted octanol–water partition coefficient (Wildman–Crippen LogP) is 13.5. The van der Waals surface area contributed by atoms with Gasteiger partial charge >= 0.3 is 0 Å². The van der Waals surface area contributed by atoms with Crippen LogP contribution in [0.25, 0.3) is 82.8 Å². The number of aromatic nitrogens is 1. The zero-order valence-electron chi connectivity index (χ0n) is 27.6. The van der Waals surface area contributed by atoms with Crippen molar-refractivity contribution in [2.75, 3.05) is 4.90 Å². The molecule has 0 atom stereocenters. The molecule has 8 aromatic carbocycles. The summed E-state index contributed by atoms with van der Waals surface area (Å²) in [6.45, 7) is 0. The fourth-order valence-electron chi connectivity index (χ4n) is 8.32. The Bertz CT molecular complexity index is 2950. The summed E-state index contributed by atoms with van der Waals surface area (Å²) in [5.74, 6) is 0. The molecule has 10 aromatic rings. The van der Waals surface area contributed by atoms with Crippen molar-refractivity contribution in [3.63, 3.8) is 0 Å². The molecule has 1 aliphatic heterocycles.